The summed E-state index contributed by atoms with van der Waals surface area (Å²) in [6.45, 7) is 23.5. The second-order valence-electron chi connectivity index (χ2n) is 20.6. The van der Waals surface area contributed by atoms with Crippen LogP contribution in [-0.2, 0) is 10.8 Å². The molecule has 0 atom stereocenters. The van der Waals surface area contributed by atoms with Gasteiger partial charge in [-0.15, -0.1) is 0 Å². The van der Waals surface area contributed by atoms with E-state index in [1.807, 2.05) is 30.5 Å². The van der Waals surface area contributed by atoms with Gasteiger partial charge in [0.25, 0.3) is 0 Å². The summed E-state index contributed by atoms with van der Waals surface area (Å²) in [6.07, 6.45) is 1.87. The third-order valence-corrected chi connectivity index (χ3v) is 12.9. The first-order chi connectivity index (χ1) is 34.0. The Morgan fingerprint density at radius 3 is 1.82 bits per heavy atom. The molecule has 1 N–H and O–H groups in total. The zero-order valence-corrected chi connectivity index (χ0v) is 40.6. The van der Waals surface area contributed by atoms with Crippen molar-refractivity contribution >= 4 is 11.0 Å². The fourth-order valence-corrected chi connectivity index (χ4v) is 9.15. The van der Waals surface area contributed by atoms with Crippen molar-refractivity contribution in [2.24, 2.45) is 0 Å². The van der Waals surface area contributed by atoms with E-state index in [1.165, 1.54) is 5.56 Å². The zero-order chi connectivity index (χ0) is 51.7. The molecule has 4 nitrogen and oxygen atoms in total. The van der Waals surface area contributed by atoms with Crippen LogP contribution >= 0.6 is 0 Å². The van der Waals surface area contributed by atoms with E-state index in [4.69, 9.17) is 16.8 Å². The van der Waals surface area contributed by atoms with Crippen LogP contribution in [0.3, 0.4) is 0 Å². The number of pyridine rings is 1. The molecule has 2 heterocycles. The first-order valence-electron chi connectivity index (χ1n) is 25.9. The van der Waals surface area contributed by atoms with Gasteiger partial charge in [-0.25, -0.2) is 4.98 Å². The summed E-state index contributed by atoms with van der Waals surface area (Å²) in [5.74, 6) is 0.541. The van der Waals surface area contributed by atoms with E-state index in [9.17, 15) is 5.11 Å². The molecule has 0 bridgehead atoms. The predicted octanol–water partition coefficient (Wildman–Crippen LogP) is 17.3. The fraction of sp³-hybridized carbons (Fsp3) is 0.238. The normalized spacial score (nSPS) is 13.2. The number of fused-ring (bicyclic) bond motifs is 1. The van der Waals surface area contributed by atoms with Gasteiger partial charge < -0.3 is 5.11 Å². The molecule has 0 spiro atoms. The lowest BCUT2D eigenvalue weighted by Crippen LogP contribution is -2.17. The number of aryl methyl sites for hydroxylation is 1. The first kappa shape index (κ1) is 39.2. The average Bonchev–Trinajstić information content (AvgIpc) is 3.74. The van der Waals surface area contributed by atoms with Crippen LogP contribution in [0.1, 0.15) is 116 Å². The molecule has 4 heteroatoms. The summed E-state index contributed by atoms with van der Waals surface area (Å²) in [4.78, 5) is 10.7. The molecule has 0 saturated carbocycles. The molecule has 336 valence electrons. The van der Waals surface area contributed by atoms with Gasteiger partial charge in [0.05, 0.1) is 34.8 Å². The Morgan fingerprint density at radius 1 is 0.552 bits per heavy atom. The van der Waals surface area contributed by atoms with Gasteiger partial charge in [-0.2, -0.15) is 0 Å². The minimum atomic E-state index is -0.427. The highest BCUT2D eigenvalue weighted by molar-refractivity contribution is 5.98. The van der Waals surface area contributed by atoms with Crippen molar-refractivity contribution in [3.05, 3.63) is 192 Å². The number of phenolic OH excluding ortho intramolecular Hbond substituents is 1. The van der Waals surface area contributed by atoms with Crippen molar-refractivity contribution in [3.63, 3.8) is 0 Å². The Balaban J connectivity index is 1.40. The van der Waals surface area contributed by atoms with Gasteiger partial charge >= 0.3 is 0 Å². The summed E-state index contributed by atoms with van der Waals surface area (Å²) in [5, 5.41) is 12.7. The topological polar surface area (TPSA) is 50.9 Å². The van der Waals surface area contributed by atoms with Crippen molar-refractivity contribution < 1.29 is 12.0 Å². The third-order valence-electron chi connectivity index (χ3n) is 12.9. The van der Waals surface area contributed by atoms with Crippen LogP contribution in [0.2, 0.25) is 0 Å². The third kappa shape index (κ3) is 8.86. The summed E-state index contributed by atoms with van der Waals surface area (Å²) in [5.41, 5.74) is 15.9. The van der Waals surface area contributed by atoms with E-state index in [1.54, 1.807) is 0 Å². The number of aromatic hydroxyl groups is 1. The molecule has 67 heavy (non-hydrogen) atoms. The summed E-state index contributed by atoms with van der Waals surface area (Å²) >= 11 is 0. The van der Waals surface area contributed by atoms with Crippen molar-refractivity contribution in [2.75, 3.05) is 0 Å². The van der Waals surface area contributed by atoms with Crippen molar-refractivity contribution in [3.8, 4) is 78.6 Å². The fourth-order valence-electron chi connectivity index (χ4n) is 9.15. The number of nitrogens with zero attached hydrogens (tertiary/aromatic N) is 3. The molecule has 0 unspecified atom stereocenters. The molecular formula is C63H63N3O. The Labute approximate surface area is 405 Å². The standard InChI is InChI=1S/C63H63N3O/c1-39(2)52-34-47(43-21-16-13-17-22-43)35-53(40(3)4)59(52)66-57-24-18-23-51(58(57)65-61(66)54-37-50(62(6,7)8)38-55(60(54)67)63(9,10)11)48-31-46(42-19-14-12-15-20-42)32-49(33-48)56-36-45(29-30-64-56)44-27-25-41(5)26-28-44/h12-40,67H,1-11H3/i13D,16D,17D,21D,22D. The Hall–Kier alpha value is -7.04. The Kier molecular flexibility index (Phi) is 10.3. The minimum Gasteiger partial charge on any atom is -0.507 e. The van der Waals surface area contributed by atoms with Crippen LogP contribution in [0.15, 0.2) is 164 Å². The second kappa shape index (κ2) is 17.6. The maximum atomic E-state index is 12.7. The van der Waals surface area contributed by atoms with Crippen LogP contribution in [0.25, 0.3) is 83.9 Å². The quantitative estimate of drug-likeness (QED) is 0.157. The van der Waals surface area contributed by atoms with Crippen LogP contribution in [0.5, 0.6) is 5.75 Å². The first-order valence-corrected chi connectivity index (χ1v) is 23.4. The van der Waals surface area contributed by atoms with E-state index >= 15 is 0 Å². The number of hydrogen-bond donors (Lipinski definition) is 1. The smallest absolute Gasteiger partial charge is 0.149 e. The number of rotatable bonds is 9. The second-order valence-corrected chi connectivity index (χ2v) is 20.6. The van der Waals surface area contributed by atoms with Crippen LogP contribution in [0, 0.1) is 6.92 Å². The Morgan fingerprint density at radius 2 is 1.18 bits per heavy atom. The maximum absolute atomic E-state index is 12.7. The SMILES string of the molecule is [2H]c1c([2H])c([2H])c(-c2cc(C(C)C)c(-n3c(-c4cc(C(C)(C)C)cc(C(C)(C)C)c4O)nc4c(-c5cc(-c6ccccc6)cc(-c6cc(-c7ccc(C)cc7)ccn6)c5)cccc43)c(C(C)C)c2)c([2H])c1[2H]. The highest BCUT2D eigenvalue weighted by Crippen LogP contribution is 2.47. The van der Waals surface area contributed by atoms with Crippen LogP contribution in [-0.4, -0.2) is 19.6 Å². The molecule has 0 aliphatic heterocycles. The number of aromatic nitrogens is 3. The van der Waals surface area contributed by atoms with Crippen molar-refractivity contribution in [1.29, 1.82) is 0 Å². The zero-order valence-electron chi connectivity index (χ0n) is 45.6. The molecule has 0 aliphatic rings. The molecule has 0 fully saturated rings. The lowest BCUT2D eigenvalue weighted by molar-refractivity contribution is 0.446. The van der Waals surface area contributed by atoms with Gasteiger partial charge in [0.2, 0.25) is 0 Å². The lowest BCUT2D eigenvalue weighted by Gasteiger charge is -2.28. The average molecular weight is 883 g/mol. The highest BCUT2D eigenvalue weighted by Gasteiger charge is 2.31. The number of phenols is 1. The number of imidazole rings is 1. The molecule has 9 rings (SSSR count). The van der Waals surface area contributed by atoms with Crippen molar-refractivity contribution in [2.45, 2.75) is 98.8 Å². The van der Waals surface area contributed by atoms with E-state index in [-0.39, 0.29) is 52.7 Å². The molecule has 0 saturated heterocycles. The Bertz CT molecular complexity index is 3500. The van der Waals surface area contributed by atoms with Gasteiger partial charge in [0.15, 0.2) is 0 Å². The highest BCUT2D eigenvalue weighted by atomic mass is 16.3. The maximum Gasteiger partial charge on any atom is 0.149 e. The molecule has 9 aromatic rings. The van der Waals surface area contributed by atoms with Gasteiger partial charge in [-0.1, -0.05) is 178 Å². The van der Waals surface area contributed by atoms with Gasteiger partial charge in [-0.3, -0.25) is 9.55 Å². The predicted molar refractivity (Wildman–Crippen MR) is 283 cm³/mol. The van der Waals surface area contributed by atoms with E-state index in [0.717, 1.165) is 83.6 Å². The molecule has 0 aliphatic carbocycles. The molecule has 0 amide bonds. The molecular weight excluding hydrogens is 815 g/mol. The van der Waals surface area contributed by atoms with Gasteiger partial charge in [0.1, 0.15) is 11.6 Å². The molecule has 0 radical (unpaired) electrons. The van der Waals surface area contributed by atoms with Crippen molar-refractivity contribution in [1.82, 2.24) is 14.5 Å². The summed E-state index contributed by atoms with van der Waals surface area (Å²) in [6, 6.07) is 42.6. The van der Waals surface area contributed by atoms with E-state index in [2.05, 4.69) is 184 Å². The van der Waals surface area contributed by atoms with E-state index in [0.29, 0.717) is 17.0 Å². The van der Waals surface area contributed by atoms with Crippen LogP contribution < -0.4 is 0 Å². The number of benzene rings is 7. The summed E-state index contributed by atoms with van der Waals surface area (Å²) in [7, 11) is 0. The number of para-hydroxylation sites is 1. The molecule has 2 aromatic heterocycles. The van der Waals surface area contributed by atoms with Crippen LogP contribution in [0.4, 0.5) is 0 Å². The molecule has 7 aromatic carbocycles. The largest absolute Gasteiger partial charge is 0.507 e. The van der Waals surface area contributed by atoms with E-state index < -0.39 is 11.5 Å². The van der Waals surface area contributed by atoms with Gasteiger partial charge in [0, 0.05) is 22.9 Å². The number of hydrogen-bond acceptors (Lipinski definition) is 3. The summed E-state index contributed by atoms with van der Waals surface area (Å²) < 4.78 is 45.8. The monoisotopic (exact) mass is 883 g/mol. The lowest BCUT2D eigenvalue weighted by atomic mass is 9.78. The van der Waals surface area contributed by atoms with Gasteiger partial charge in [-0.05, 0) is 140 Å². The minimum absolute atomic E-state index is 0.0939.